The van der Waals surface area contributed by atoms with Gasteiger partial charge in [0.05, 0.1) is 30.5 Å². The van der Waals surface area contributed by atoms with E-state index in [1.807, 2.05) is 72.8 Å². The predicted molar refractivity (Wildman–Crippen MR) is 178 cm³/mol. The molecular weight excluding hydrogens is 598 g/mol. The van der Waals surface area contributed by atoms with Crippen molar-refractivity contribution in [1.29, 1.82) is 0 Å². The van der Waals surface area contributed by atoms with E-state index in [9.17, 15) is 24.3 Å². The Kier molecular flexibility index (Phi) is 14.8. The number of cyclic esters (lactones) is 1. The zero-order valence-electron chi connectivity index (χ0n) is 27.2. The molecule has 10 heteroatoms. The van der Waals surface area contributed by atoms with Crippen LogP contribution < -0.4 is 10.6 Å². The summed E-state index contributed by atoms with van der Waals surface area (Å²) in [6, 6.07) is 18.7. The fraction of sp³-hybridized carbons (Fsp3) is 0.514. The zero-order valence-corrected chi connectivity index (χ0v) is 27.2. The number of likely N-dealkylation sites (tertiary alicyclic amines) is 1. The standard InChI is InChI=1S/C37H49N3O7/c41-25-33-20-12-22-40(33)34(42)24-30-17-8-3-9-18-31(23-28-13-4-1-5-14-28)36(44)46-27-32(39-35(30)43)19-10-11-21-38-37(45)47-26-29-15-6-2-7-16-29/h1-8,13-16,30-33,41H,9-12,17-27H2,(H,38,45)(H,39,43). The number of carbonyl (C=O) groups is 4. The van der Waals surface area contributed by atoms with Crippen LogP contribution in [0.4, 0.5) is 4.79 Å². The van der Waals surface area contributed by atoms with Gasteiger partial charge in [0.15, 0.2) is 0 Å². The van der Waals surface area contributed by atoms with Gasteiger partial charge in [-0.05, 0) is 68.9 Å². The van der Waals surface area contributed by atoms with Crippen LogP contribution in [0, 0.1) is 11.8 Å². The molecular formula is C37H49N3O7. The molecule has 4 atom stereocenters. The third-order valence-electron chi connectivity index (χ3n) is 8.86. The number of unbranched alkanes of at least 4 members (excludes halogenated alkanes) is 1. The number of aliphatic hydroxyl groups excluding tert-OH is 1. The van der Waals surface area contributed by atoms with Crippen LogP contribution in [-0.2, 0) is 36.9 Å². The average Bonchev–Trinajstić information content (AvgIpc) is 3.58. The number of amides is 3. The van der Waals surface area contributed by atoms with Crippen LogP contribution in [0.3, 0.4) is 0 Å². The monoisotopic (exact) mass is 647 g/mol. The molecule has 0 saturated carbocycles. The first-order valence-electron chi connectivity index (χ1n) is 16.9. The van der Waals surface area contributed by atoms with Crippen molar-refractivity contribution < 1.29 is 33.8 Å². The second-order valence-electron chi connectivity index (χ2n) is 12.5. The number of carbonyl (C=O) groups excluding carboxylic acids is 4. The minimum Gasteiger partial charge on any atom is -0.463 e. The maximum absolute atomic E-state index is 13.6. The van der Waals surface area contributed by atoms with Gasteiger partial charge in [-0.25, -0.2) is 4.79 Å². The number of rotatable bonds is 12. The Bertz CT molecular complexity index is 1300. The Morgan fingerprint density at radius 2 is 1.70 bits per heavy atom. The topological polar surface area (TPSA) is 134 Å². The van der Waals surface area contributed by atoms with Crippen molar-refractivity contribution in [2.45, 2.75) is 82.9 Å². The summed E-state index contributed by atoms with van der Waals surface area (Å²) in [5.41, 5.74) is 1.96. The number of benzene rings is 2. The molecule has 1 fully saturated rings. The van der Waals surface area contributed by atoms with Gasteiger partial charge in [-0.2, -0.15) is 0 Å². The van der Waals surface area contributed by atoms with Crippen molar-refractivity contribution in [2.24, 2.45) is 11.8 Å². The SMILES string of the molecule is O=C(NCCCCC1COC(=O)C(Cc2ccccc2)CCC=CCC(CC(=O)N2CCCC2CO)C(=O)N1)OCc1ccccc1. The van der Waals surface area contributed by atoms with Crippen LogP contribution >= 0.6 is 0 Å². The number of allylic oxidation sites excluding steroid dienone is 2. The maximum Gasteiger partial charge on any atom is 0.407 e. The number of hydrogen-bond donors (Lipinski definition) is 3. The summed E-state index contributed by atoms with van der Waals surface area (Å²) in [5.74, 6) is -1.59. The van der Waals surface area contributed by atoms with Gasteiger partial charge in [0.1, 0.15) is 13.2 Å². The minimum absolute atomic E-state index is 0.0230. The normalized spacial score (nSPS) is 22.3. The lowest BCUT2D eigenvalue weighted by Crippen LogP contribution is -2.44. The average molecular weight is 648 g/mol. The van der Waals surface area contributed by atoms with E-state index in [1.54, 1.807) is 4.90 Å². The lowest BCUT2D eigenvalue weighted by Gasteiger charge is -2.26. The summed E-state index contributed by atoms with van der Waals surface area (Å²) in [6.07, 6.45) is 9.11. The Hall–Kier alpha value is -4.18. The van der Waals surface area contributed by atoms with Gasteiger partial charge >= 0.3 is 12.1 Å². The lowest BCUT2D eigenvalue weighted by molar-refractivity contribution is -0.150. The molecule has 0 spiro atoms. The van der Waals surface area contributed by atoms with Gasteiger partial charge in [-0.3, -0.25) is 14.4 Å². The third kappa shape index (κ3) is 12.2. The molecule has 1 saturated heterocycles. The third-order valence-corrected chi connectivity index (χ3v) is 8.86. The highest BCUT2D eigenvalue weighted by molar-refractivity contribution is 5.86. The van der Waals surface area contributed by atoms with Gasteiger partial charge in [0.2, 0.25) is 11.8 Å². The molecule has 3 amide bonds. The minimum atomic E-state index is -0.584. The van der Waals surface area contributed by atoms with Crippen molar-refractivity contribution in [2.75, 3.05) is 26.3 Å². The Morgan fingerprint density at radius 3 is 2.45 bits per heavy atom. The van der Waals surface area contributed by atoms with Gasteiger partial charge < -0.3 is 30.1 Å². The second kappa shape index (κ2) is 19.5. The number of alkyl carbamates (subject to hydrolysis) is 1. The molecule has 0 radical (unpaired) electrons. The molecule has 2 aromatic rings. The summed E-state index contributed by atoms with van der Waals surface area (Å²) in [6.45, 7) is 1.12. The molecule has 10 nitrogen and oxygen atoms in total. The highest BCUT2D eigenvalue weighted by Gasteiger charge is 2.32. The van der Waals surface area contributed by atoms with Crippen molar-refractivity contribution >= 4 is 23.9 Å². The summed E-state index contributed by atoms with van der Waals surface area (Å²) < 4.78 is 11.1. The van der Waals surface area contributed by atoms with Gasteiger partial charge in [0.25, 0.3) is 0 Å². The fourth-order valence-corrected chi connectivity index (χ4v) is 6.14. The van der Waals surface area contributed by atoms with Crippen LogP contribution in [0.1, 0.15) is 68.9 Å². The molecule has 3 N–H and O–H groups in total. The van der Waals surface area contributed by atoms with Crippen LogP contribution in [0.15, 0.2) is 72.8 Å². The van der Waals surface area contributed by atoms with E-state index < -0.39 is 18.1 Å². The van der Waals surface area contributed by atoms with E-state index in [1.165, 1.54) is 0 Å². The number of esters is 1. The largest absolute Gasteiger partial charge is 0.463 e. The first-order chi connectivity index (χ1) is 22.9. The van der Waals surface area contributed by atoms with Crippen molar-refractivity contribution in [3.05, 3.63) is 83.9 Å². The maximum atomic E-state index is 13.6. The van der Waals surface area contributed by atoms with Crippen LogP contribution in [0.5, 0.6) is 0 Å². The molecule has 2 aromatic carbocycles. The summed E-state index contributed by atoms with van der Waals surface area (Å²) >= 11 is 0. The van der Waals surface area contributed by atoms with Gasteiger partial charge in [0, 0.05) is 19.5 Å². The van der Waals surface area contributed by atoms with Crippen molar-refractivity contribution in [1.82, 2.24) is 15.5 Å². The van der Waals surface area contributed by atoms with E-state index >= 15 is 0 Å². The first kappa shape index (κ1) is 35.7. The Morgan fingerprint density at radius 1 is 0.957 bits per heavy atom. The lowest BCUT2D eigenvalue weighted by atomic mass is 9.94. The summed E-state index contributed by atoms with van der Waals surface area (Å²) in [4.78, 5) is 53.9. The van der Waals surface area contributed by atoms with Crippen molar-refractivity contribution in [3.8, 4) is 0 Å². The van der Waals surface area contributed by atoms with E-state index in [0.29, 0.717) is 58.0 Å². The van der Waals surface area contributed by atoms with Crippen LogP contribution in [0.25, 0.3) is 0 Å². The second-order valence-corrected chi connectivity index (χ2v) is 12.5. The predicted octanol–water partition coefficient (Wildman–Crippen LogP) is 4.70. The molecule has 2 aliphatic rings. The van der Waals surface area contributed by atoms with Crippen molar-refractivity contribution in [3.63, 3.8) is 0 Å². The van der Waals surface area contributed by atoms with E-state index in [0.717, 1.165) is 24.0 Å². The number of hydrogen-bond acceptors (Lipinski definition) is 7. The van der Waals surface area contributed by atoms with E-state index in [-0.39, 0.29) is 56.0 Å². The number of nitrogens with zero attached hydrogens (tertiary/aromatic N) is 1. The Labute approximate surface area is 277 Å². The van der Waals surface area contributed by atoms with Crippen LogP contribution in [0.2, 0.25) is 0 Å². The zero-order chi connectivity index (χ0) is 33.3. The number of ether oxygens (including phenoxy) is 2. The molecule has 4 unspecified atom stereocenters. The van der Waals surface area contributed by atoms with E-state index in [2.05, 4.69) is 10.6 Å². The highest BCUT2D eigenvalue weighted by Crippen LogP contribution is 2.23. The molecule has 0 aromatic heterocycles. The molecule has 2 aliphatic heterocycles. The van der Waals surface area contributed by atoms with Crippen LogP contribution in [-0.4, -0.2) is 72.3 Å². The summed E-state index contributed by atoms with van der Waals surface area (Å²) in [7, 11) is 0. The van der Waals surface area contributed by atoms with E-state index in [4.69, 9.17) is 9.47 Å². The first-order valence-corrected chi connectivity index (χ1v) is 16.9. The molecule has 4 rings (SSSR count). The molecule has 2 heterocycles. The fourth-order valence-electron chi connectivity index (χ4n) is 6.14. The summed E-state index contributed by atoms with van der Waals surface area (Å²) in [5, 5.41) is 15.5. The molecule has 47 heavy (non-hydrogen) atoms. The quantitative estimate of drug-likeness (QED) is 0.173. The number of nitrogens with one attached hydrogen (secondary N) is 2. The molecule has 254 valence electrons. The molecule has 0 aliphatic carbocycles. The number of aliphatic hydroxyl groups is 1. The molecule has 0 bridgehead atoms. The smallest absolute Gasteiger partial charge is 0.407 e. The van der Waals surface area contributed by atoms with Gasteiger partial charge in [-0.1, -0.05) is 72.8 Å². The highest BCUT2D eigenvalue weighted by atomic mass is 16.5. The van der Waals surface area contributed by atoms with Gasteiger partial charge in [-0.15, -0.1) is 0 Å². The Balaban J connectivity index is 1.36.